The Morgan fingerprint density at radius 3 is 3.06 bits per heavy atom. The summed E-state index contributed by atoms with van der Waals surface area (Å²) in [6.07, 6.45) is 0.977. The fourth-order valence-corrected chi connectivity index (χ4v) is 1.61. The fourth-order valence-electron chi connectivity index (χ4n) is 1.61. The molecule has 0 spiro atoms. The molecule has 1 unspecified atom stereocenters. The number of carbonyl (C=O) groups is 2. The molecule has 6 nitrogen and oxygen atoms in total. The second-order valence-electron chi connectivity index (χ2n) is 3.85. The predicted octanol–water partition coefficient (Wildman–Crippen LogP) is 0.448. The van der Waals surface area contributed by atoms with E-state index in [1.165, 1.54) is 0 Å². The molecule has 1 aliphatic rings. The highest BCUT2D eigenvalue weighted by Crippen LogP contribution is 2.14. The molecule has 2 amide bonds. The summed E-state index contributed by atoms with van der Waals surface area (Å²) in [6, 6.07) is 1.65. The minimum atomic E-state index is -0.185. The molecule has 1 fully saturated rings. The zero-order chi connectivity index (χ0) is 11.5. The van der Waals surface area contributed by atoms with Crippen LogP contribution in [0.25, 0.3) is 0 Å². The largest absolute Gasteiger partial charge is 0.360 e. The molecule has 2 N–H and O–H groups in total. The molecule has 0 aliphatic carbocycles. The van der Waals surface area contributed by atoms with Crippen molar-refractivity contribution in [3.63, 3.8) is 0 Å². The van der Waals surface area contributed by atoms with Gasteiger partial charge in [-0.05, 0) is 13.3 Å². The van der Waals surface area contributed by atoms with Crippen molar-refractivity contribution in [2.45, 2.75) is 19.8 Å². The van der Waals surface area contributed by atoms with Crippen LogP contribution in [-0.4, -0.2) is 23.5 Å². The van der Waals surface area contributed by atoms with Crippen LogP contribution in [0.4, 0.5) is 5.82 Å². The number of anilines is 1. The van der Waals surface area contributed by atoms with Crippen LogP contribution < -0.4 is 10.6 Å². The van der Waals surface area contributed by atoms with Crippen molar-refractivity contribution in [1.29, 1.82) is 0 Å². The van der Waals surface area contributed by atoms with Crippen LogP contribution in [-0.2, 0) is 9.59 Å². The molecular formula is C10H13N3O3. The fraction of sp³-hybridized carbons (Fsp3) is 0.500. The molecular weight excluding hydrogens is 210 g/mol. The molecule has 0 aromatic carbocycles. The van der Waals surface area contributed by atoms with Gasteiger partial charge in [0.1, 0.15) is 5.76 Å². The molecule has 86 valence electrons. The van der Waals surface area contributed by atoms with E-state index >= 15 is 0 Å². The van der Waals surface area contributed by atoms with Gasteiger partial charge in [0.05, 0.1) is 5.92 Å². The quantitative estimate of drug-likeness (QED) is 0.762. The van der Waals surface area contributed by atoms with Gasteiger partial charge in [0.25, 0.3) is 0 Å². The van der Waals surface area contributed by atoms with E-state index in [2.05, 4.69) is 15.8 Å². The lowest BCUT2D eigenvalue weighted by molar-refractivity contribution is -0.126. The molecule has 0 saturated carbocycles. The molecule has 1 saturated heterocycles. The number of piperidine rings is 1. The van der Waals surface area contributed by atoms with Crippen molar-refractivity contribution in [2.75, 3.05) is 11.9 Å². The van der Waals surface area contributed by atoms with E-state index in [4.69, 9.17) is 4.52 Å². The van der Waals surface area contributed by atoms with Crippen LogP contribution in [0.3, 0.4) is 0 Å². The monoisotopic (exact) mass is 223 g/mol. The minimum Gasteiger partial charge on any atom is -0.360 e. The number of aryl methyl sites for hydroxylation is 1. The highest BCUT2D eigenvalue weighted by atomic mass is 16.5. The standard InChI is InChI=1S/C10H13N3O3/c1-6-4-8(13-16-6)12-10(15)7-2-3-9(14)11-5-7/h4,7H,2-3,5H2,1H3,(H,11,14)(H,12,13,15). The number of nitrogens with one attached hydrogen (secondary N) is 2. The summed E-state index contributed by atoms with van der Waals surface area (Å²) in [7, 11) is 0. The Balaban J connectivity index is 1.91. The van der Waals surface area contributed by atoms with Crippen LogP contribution in [0, 0.1) is 12.8 Å². The van der Waals surface area contributed by atoms with Gasteiger partial charge >= 0.3 is 0 Å². The van der Waals surface area contributed by atoms with E-state index in [1.54, 1.807) is 13.0 Å². The third-order valence-corrected chi connectivity index (χ3v) is 2.52. The average Bonchev–Trinajstić information content (AvgIpc) is 2.65. The smallest absolute Gasteiger partial charge is 0.230 e. The van der Waals surface area contributed by atoms with E-state index in [-0.39, 0.29) is 17.7 Å². The van der Waals surface area contributed by atoms with Gasteiger partial charge in [0, 0.05) is 19.0 Å². The second kappa shape index (κ2) is 4.34. The van der Waals surface area contributed by atoms with Crippen molar-refractivity contribution >= 4 is 17.6 Å². The molecule has 16 heavy (non-hydrogen) atoms. The maximum absolute atomic E-state index is 11.7. The number of hydrogen-bond donors (Lipinski definition) is 2. The Hall–Kier alpha value is -1.85. The summed E-state index contributed by atoms with van der Waals surface area (Å²) in [5, 5.41) is 8.98. The first-order chi connectivity index (χ1) is 7.65. The van der Waals surface area contributed by atoms with Crippen molar-refractivity contribution in [3.05, 3.63) is 11.8 Å². The van der Waals surface area contributed by atoms with Crippen molar-refractivity contribution < 1.29 is 14.1 Å². The molecule has 2 heterocycles. The van der Waals surface area contributed by atoms with Gasteiger partial charge in [-0.15, -0.1) is 0 Å². The van der Waals surface area contributed by atoms with Gasteiger partial charge in [0.15, 0.2) is 5.82 Å². The van der Waals surface area contributed by atoms with Crippen molar-refractivity contribution in [2.24, 2.45) is 5.92 Å². The number of rotatable bonds is 2. The first-order valence-corrected chi connectivity index (χ1v) is 5.16. The summed E-state index contributed by atoms with van der Waals surface area (Å²) in [5.41, 5.74) is 0. The van der Waals surface area contributed by atoms with Gasteiger partial charge in [-0.25, -0.2) is 0 Å². The lowest BCUT2D eigenvalue weighted by atomic mass is 9.98. The van der Waals surface area contributed by atoms with E-state index in [0.717, 1.165) is 0 Å². The van der Waals surface area contributed by atoms with Crippen LogP contribution >= 0.6 is 0 Å². The normalized spacial score (nSPS) is 20.3. The molecule has 0 radical (unpaired) electrons. The number of hydrogen-bond acceptors (Lipinski definition) is 4. The van der Waals surface area contributed by atoms with Gasteiger partial charge < -0.3 is 15.2 Å². The number of carbonyl (C=O) groups excluding carboxylic acids is 2. The maximum Gasteiger partial charge on any atom is 0.230 e. The topological polar surface area (TPSA) is 84.2 Å². The summed E-state index contributed by atoms with van der Waals surface area (Å²) < 4.78 is 4.84. The third-order valence-electron chi connectivity index (χ3n) is 2.52. The van der Waals surface area contributed by atoms with E-state index in [9.17, 15) is 9.59 Å². The molecule has 6 heteroatoms. The third kappa shape index (κ3) is 2.39. The Morgan fingerprint density at radius 2 is 2.50 bits per heavy atom. The van der Waals surface area contributed by atoms with E-state index < -0.39 is 0 Å². The molecule has 1 atom stereocenters. The zero-order valence-electron chi connectivity index (χ0n) is 8.95. The number of aromatic nitrogens is 1. The first-order valence-electron chi connectivity index (χ1n) is 5.16. The number of nitrogens with zero attached hydrogens (tertiary/aromatic N) is 1. The maximum atomic E-state index is 11.7. The lowest BCUT2D eigenvalue weighted by Crippen LogP contribution is -2.40. The van der Waals surface area contributed by atoms with Crippen molar-refractivity contribution in [1.82, 2.24) is 10.5 Å². The Labute approximate surface area is 92.4 Å². The molecule has 2 rings (SSSR count). The highest BCUT2D eigenvalue weighted by molar-refractivity contribution is 5.93. The van der Waals surface area contributed by atoms with Crippen LogP contribution in [0.1, 0.15) is 18.6 Å². The van der Waals surface area contributed by atoms with Gasteiger partial charge in [-0.2, -0.15) is 0 Å². The summed E-state index contributed by atoms with van der Waals surface area (Å²) >= 11 is 0. The van der Waals surface area contributed by atoms with Gasteiger partial charge in [-0.1, -0.05) is 5.16 Å². The minimum absolute atomic E-state index is 0.00123. The second-order valence-corrected chi connectivity index (χ2v) is 3.85. The van der Waals surface area contributed by atoms with Crippen LogP contribution in [0.5, 0.6) is 0 Å². The zero-order valence-corrected chi connectivity index (χ0v) is 8.95. The highest BCUT2D eigenvalue weighted by Gasteiger charge is 2.24. The van der Waals surface area contributed by atoms with Crippen LogP contribution in [0.2, 0.25) is 0 Å². The van der Waals surface area contributed by atoms with Gasteiger partial charge in [-0.3, -0.25) is 9.59 Å². The summed E-state index contributed by atoms with van der Waals surface area (Å²) in [5.74, 6) is 0.746. The SMILES string of the molecule is Cc1cc(NC(=O)C2CCC(=O)NC2)no1. The first kappa shape index (κ1) is 10.7. The van der Waals surface area contributed by atoms with E-state index in [0.29, 0.717) is 31.0 Å². The Kier molecular flexibility index (Phi) is 2.89. The lowest BCUT2D eigenvalue weighted by Gasteiger charge is -2.20. The summed E-state index contributed by atoms with van der Waals surface area (Å²) in [4.78, 5) is 22.7. The van der Waals surface area contributed by atoms with E-state index in [1.807, 2.05) is 0 Å². The molecule has 1 aromatic heterocycles. The average molecular weight is 223 g/mol. The molecule has 1 aromatic rings. The number of amides is 2. The van der Waals surface area contributed by atoms with Crippen molar-refractivity contribution in [3.8, 4) is 0 Å². The molecule has 0 bridgehead atoms. The Morgan fingerprint density at radius 1 is 1.69 bits per heavy atom. The summed E-state index contributed by atoms with van der Waals surface area (Å²) in [6.45, 7) is 2.14. The van der Waals surface area contributed by atoms with Crippen LogP contribution in [0.15, 0.2) is 10.6 Å². The van der Waals surface area contributed by atoms with Gasteiger partial charge in [0.2, 0.25) is 11.8 Å². The Bertz CT molecular complexity index is 403. The predicted molar refractivity (Wildman–Crippen MR) is 55.6 cm³/mol. The molecule has 1 aliphatic heterocycles.